The van der Waals surface area contributed by atoms with E-state index in [2.05, 4.69) is 4.90 Å². The van der Waals surface area contributed by atoms with Gasteiger partial charge in [0.2, 0.25) is 5.91 Å². The summed E-state index contributed by atoms with van der Waals surface area (Å²) >= 11 is 0. The lowest BCUT2D eigenvalue weighted by molar-refractivity contribution is -0.132. The maximum Gasteiger partial charge on any atom is 0.236 e. The van der Waals surface area contributed by atoms with Gasteiger partial charge in [-0.3, -0.25) is 9.69 Å². The van der Waals surface area contributed by atoms with Gasteiger partial charge in [0.1, 0.15) is 0 Å². The molecule has 3 aliphatic rings. The molecular weight excluding hydrogens is 252 g/mol. The Morgan fingerprint density at radius 1 is 0.950 bits per heavy atom. The molecule has 4 nitrogen and oxygen atoms in total. The average molecular weight is 280 g/mol. The minimum absolute atomic E-state index is 0.142. The predicted molar refractivity (Wildman–Crippen MR) is 78.4 cm³/mol. The number of aliphatic hydroxyl groups excluding tert-OH is 1. The molecule has 2 saturated heterocycles. The lowest BCUT2D eigenvalue weighted by Crippen LogP contribution is -2.46. The zero-order valence-electron chi connectivity index (χ0n) is 12.5. The van der Waals surface area contributed by atoms with Crippen LogP contribution in [-0.2, 0) is 4.79 Å². The molecule has 0 radical (unpaired) electrons. The molecule has 20 heavy (non-hydrogen) atoms. The number of hydrogen-bond acceptors (Lipinski definition) is 3. The molecule has 3 rings (SSSR count). The first-order valence-corrected chi connectivity index (χ1v) is 8.45. The second-order valence-electron chi connectivity index (χ2n) is 6.78. The molecular formula is C16H28N2O2. The third-order valence-electron chi connectivity index (χ3n) is 5.49. The molecule has 0 spiro atoms. The molecule has 3 unspecified atom stereocenters. The SMILES string of the molecule is O=C(CN1CCCC1C1CCCCC1O)N1CCCC1. The van der Waals surface area contributed by atoms with E-state index >= 15 is 0 Å². The first-order chi connectivity index (χ1) is 9.75. The maximum absolute atomic E-state index is 12.3. The van der Waals surface area contributed by atoms with E-state index in [0.29, 0.717) is 24.4 Å². The van der Waals surface area contributed by atoms with Crippen molar-refractivity contribution in [1.29, 1.82) is 0 Å². The maximum atomic E-state index is 12.3. The van der Waals surface area contributed by atoms with Crippen LogP contribution in [0.15, 0.2) is 0 Å². The molecule has 1 aliphatic carbocycles. The van der Waals surface area contributed by atoms with E-state index in [-0.39, 0.29) is 6.10 Å². The lowest BCUT2D eigenvalue weighted by Gasteiger charge is -2.37. The summed E-state index contributed by atoms with van der Waals surface area (Å²) < 4.78 is 0. The van der Waals surface area contributed by atoms with Gasteiger partial charge in [-0.25, -0.2) is 0 Å². The van der Waals surface area contributed by atoms with Crippen molar-refractivity contribution in [2.75, 3.05) is 26.2 Å². The largest absolute Gasteiger partial charge is 0.393 e. The highest BCUT2D eigenvalue weighted by Crippen LogP contribution is 2.34. The van der Waals surface area contributed by atoms with Gasteiger partial charge in [-0.15, -0.1) is 0 Å². The van der Waals surface area contributed by atoms with E-state index in [1.807, 2.05) is 4.90 Å². The molecule has 1 saturated carbocycles. The van der Waals surface area contributed by atoms with Crippen LogP contribution in [0.3, 0.4) is 0 Å². The van der Waals surface area contributed by atoms with E-state index in [1.165, 1.54) is 12.8 Å². The topological polar surface area (TPSA) is 43.8 Å². The molecule has 0 aromatic rings. The predicted octanol–water partition coefficient (Wildman–Crippen LogP) is 1.62. The fourth-order valence-electron chi connectivity index (χ4n) is 4.36. The minimum Gasteiger partial charge on any atom is -0.393 e. The van der Waals surface area contributed by atoms with Crippen LogP contribution in [0.4, 0.5) is 0 Å². The second kappa shape index (κ2) is 6.44. The number of aliphatic hydroxyl groups is 1. The summed E-state index contributed by atoms with van der Waals surface area (Å²) in [6.45, 7) is 3.51. The van der Waals surface area contributed by atoms with Crippen molar-refractivity contribution in [3.05, 3.63) is 0 Å². The Labute approximate surface area is 122 Å². The number of nitrogens with zero attached hydrogens (tertiary/aromatic N) is 2. The van der Waals surface area contributed by atoms with Crippen LogP contribution < -0.4 is 0 Å². The van der Waals surface area contributed by atoms with E-state index < -0.39 is 0 Å². The van der Waals surface area contributed by atoms with E-state index in [4.69, 9.17) is 0 Å². The van der Waals surface area contributed by atoms with Crippen molar-refractivity contribution >= 4 is 5.91 Å². The van der Waals surface area contributed by atoms with Crippen molar-refractivity contribution in [2.24, 2.45) is 5.92 Å². The Kier molecular flexibility index (Phi) is 4.61. The van der Waals surface area contributed by atoms with Crippen molar-refractivity contribution in [3.63, 3.8) is 0 Å². The van der Waals surface area contributed by atoms with Gasteiger partial charge in [-0.1, -0.05) is 12.8 Å². The highest BCUT2D eigenvalue weighted by atomic mass is 16.3. The normalized spacial score (nSPS) is 35.6. The number of amides is 1. The van der Waals surface area contributed by atoms with E-state index in [0.717, 1.165) is 58.2 Å². The molecule has 2 heterocycles. The van der Waals surface area contributed by atoms with Gasteiger partial charge in [0, 0.05) is 25.0 Å². The number of carbonyl (C=O) groups excluding carboxylic acids is 1. The summed E-state index contributed by atoms with van der Waals surface area (Å²) in [6.07, 6.45) is 9.03. The smallest absolute Gasteiger partial charge is 0.236 e. The summed E-state index contributed by atoms with van der Waals surface area (Å²) in [6, 6.07) is 0.442. The molecule has 1 N–H and O–H groups in total. The molecule has 3 fully saturated rings. The molecule has 0 aromatic carbocycles. The van der Waals surface area contributed by atoms with Gasteiger partial charge in [-0.2, -0.15) is 0 Å². The van der Waals surface area contributed by atoms with Crippen LogP contribution in [0.1, 0.15) is 51.4 Å². The Balaban J connectivity index is 1.58. The second-order valence-corrected chi connectivity index (χ2v) is 6.78. The first-order valence-electron chi connectivity index (χ1n) is 8.45. The molecule has 4 heteroatoms. The highest BCUT2D eigenvalue weighted by molar-refractivity contribution is 5.78. The average Bonchev–Trinajstić information content (AvgIpc) is 3.10. The summed E-state index contributed by atoms with van der Waals surface area (Å²) in [5.41, 5.74) is 0. The van der Waals surface area contributed by atoms with Crippen LogP contribution in [0.5, 0.6) is 0 Å². The van der Waals surface area contributed by atoms with Gasteiger partial charge in [0.25, 0.3) is 0 Å². The van der Waals surface area contributed by atoms with Crippen molar-refractivity contribution in [2.45, 2.75) is 63.5 Å². The third-order valence-corrected chi connectivity index (χ3v) is 5.49. The van der Waals surface area contributed by atoms with Crippen LogP contribution in [0.2, 0.25) is 0 Å². The molecule has 2 aliphatic heterocycles. The first kappa shape index (κ1) is 14.3. The highest BCUT2D eigenvalue weighted by Gasteiger charge is 2.38. The van der Waals surface area contributed by atoms with Gasteiger partial charge in [0.05, 0.1) is 12.6 Å². The standard InChI is InChI=1S/C16H28N2O2/c19-15-8-2-1-6-13(15)14-7-5-11-18(14)12-16(20)17-9-3-4-10-17/h13-15,19H,1-12H2. The number of likely N-dealkylation sites (tertiary alicyclic amines) is 2. The fraction of sp³-hybridized carbons (Fsp3) is 0.938. The molecule has 0 bridgehead atoms. The monoisotopic (exact) mass is 280 g/mol. The van der Waals surface area contributed by atoms with Gasteiger partial charge >= 0.3 is 0 Å². The van der Waals surface area contributed by atoms with Crippen LogP contribution in [0.25, 0.3) is 0 Å². The Morgan fingerprint density at radius 3 is 2.45 bits per heavy atom. The number of hydrogen-bond donors (Lipinski definition) is 1. The fourth-order valence-corrected chi connectivity index (χ4v) is 4.36. The Morgan fingerprint density at radius 2 is 1.70 bits per heavy atom. The number of carbonyl (C=O) groups is 1. The lowest BCUT2D eigenvalue weighted by atomic mass is 9.80. The van der Waals surface area contributed by atoms with Crippen LogP contribution in [-0.4, -0.2) is 59.1 Å². The Bertz CT molecular complexity index is 341. The minimum atomic E-state index is -0.142. The molecule has 3 atom stereocenters. The summed E-state index contributed by atoms with van der Waals surface area (Å²) in [5, 5.41) is 10.3. The van der Waals surface area contributed by atoms with E-state index in [1.54, 1.807) is 0 Å². The summed E-state index contributed by atoms with van der Waals surface area (Å²) in [7, 11) is 0. The summed E-state index contributed by atoms with van der Waals surface area (Å²) in [4.78, 5) is 16.7. The zero-order valence-corrected chi connectivity index (χ0v) is 12.5. The Hall–Kier alpha value is -0.610. The zero-order chi connectivity index (χ0) is 13.9. The van der Waals surface area contributed by atoms with Gasteiger partial charge in [-0.05, 0) is 45.1 Å². The van der Waals surface area contributed by atoms with E-state index in [9.17, 15) is 9.90 Å². The van der Waals surface area contributed by atoms with Crippen molar-refractivity contribution in [1.82, 2.24) is 9.80 Å². The third kappa shape index (κ3) is 3.01. The molecule has 114 valence electrons. The molecule has 1 amide bonds. The summed E-state index contributed by atoms with van der Waals surface area (Å²) in [5.74, 6) is 0.706. The van der Waals surface area contributed by atoms with Gasteiger partial charge < -0.3 is 10.0 Å². The number of rotatable bonds is 3. The van der Waals surface area contributed by atoms with Crippen LogP contribution in [0, 0.1) is 5.92 Å². The van der Waals surface area contributed by atoms with Crippen LogP contribution >= 0.6 is 0 Å². The van der Waals surface area contributed by atoms with Crippen molar-refractivity contribution < 1.29 is 9.90 Å². The van der Waals surface area contributed by atoms with Gasteiger partial charge in [0.15, 0.2) is 0 Å². The van der Waals surface area contributed by atoms with Crippen molar-refractivity contribution in [3.8, 4) is 0 Å². The quantitative estimate of drug-likeness (QED) is 0.854. The molecule has 0 aromatic heterocycles.